The van der Waals surface area contributed by atoms with E-state index in [4.69, 9.17) is 16.3 Å². The fraction of sp³-hybridized carbons (Fsp3) is 0.375. The molecule has 2 aromatic rings. The molecule has 0 aliphatic carbocycles. The fourth-order valence-electron chi connectivity index (χ4n) is 2.78. The van der Waals surface area contributed by atoms with Crippen molar-refractivity contribution < 1.29 is 14.3 Å². The van der Waals surface area contributed by atoms with Gasteiger partial charge in [0.1, 0.15) is 11.8 Å². The molecule has 0 spiro atoms. The van der Waals surface area contributed by atoms with Crippen LogP contribution in [0.3, 0.4) is 0 Å². The Kier molecular flexibility index (Phi) is 10.0. The number of hydrogen-bond donors (Lipinski definition) is 2. The molecule has 0 aliphatic rings. The van der Waals surface area contributed by atoms with Crippen LogP contribution in [0.5, 0.6) is 5.75 Å². The lowest BCUT2D eigenvalue weighted by Gasteiger charge is -2.19. The van der Waals surface area contributed by atoms with Crippen molar-refractivity contribution in [3.8, 4) is 5.75 Å². The number of hydrazone groups is 1. The minimum absolute atomic E-state index is 0.213. The number of nitrogens with zero attached hydrogens (tertiary/aromatic N) is 1. The highest BCUT2D eigenvalue weighted by Gasteiger charge is 2.22. The third-order valence-electron chi connectivity index (χ3n) is 4.47. The molecule has 2 N–H and O–H groups in total. The van der Waals surface area contributed by atoms with E-state index in [0.29, 0.717) is 23.6 Å². The molecule has 31 heavy (non-hydrogen) atoms. The molecular formula is C24H30ClN3O3. The maximum Gasteiger partial charge on any atom is 0.262 e. The summed E-state index contributed by atoms with van der Waals surface area (Å²) in [6.45, 7) is 6.79. The van der Waals surface area contributed by atoms with Crippen molar-refractivity contribution >= 4 is 29.6 Å². The van der Waals surface area contributed by atoms with E-state index in [-0.39, 0.29) is 17.7 Å². The van der Waals surface area contributed by atoms with Crippen LogP contribution in [0.15, 0.2) is 53.6 Å². The standard InChI is InChI=1S/C24H30ClN3O3/c1-4-5-14-31-21-12-6-18(7-13-21)16-26-28-24(30)22(15-17(2)3)27-23(29)19-8-10-20(25)11-9-19/h6-13,16-17,22H,4-5,14-15H2,1-3H3,(H,27,29)(H,28,30). The minimum atomic E-state index is -0.699. The zero-order valence-corrected chi connectivity index (χ0v) is 19.0. The Morgan fingerprint density at radius 2 is 1.77 bits per heavy atom. The van der Waals surface area contributed by atoms with Crippen molar-refractivity contribution in [3.63, 3.8) is 0 Å². The topological polar surface area (TPSA) is 79.8 Å². The zero-order chi connectivity index (χ0) is 22.6. The smallest absolute Gasteiger partial charge is 0.262 e. The summed E-state index contributed by atoms with van der Waals surface area (Å²) in [5.41, 5.74) is 3.79. The first-order chi connectivity index (χ1) is 14.9. The largest absolute Gasteiger partial charge is 0.494 e. The molecule has 0 saturated heterocycles. The quantitative estimate of drug-likeness (QED) is 0.297. The van der Waals surface area contributed by atoms with Gasteiger partial charge in [0.15, 0.2) is 0 Å². The fourth-order valence-corrected chi connectivity index (χ4v) is 2.90. The Hall–Kier alpha value is -2.86. The van der Waals surface area contributed by atoms with E-state index in [1.807, 2.05) is 38.1 Å². The molecule has 2 rings (SSSR count). The molecule has 2 amide bonds. The SMILES string of the molecule is CCCCOc1ccc(C=NNC(=O)C(CC(C)C)NC(=O)c2ccc(Cl)cc2)cc1. The molecule has 166 valence electrons. The van der Waals surface area contributed by atoms with E-state index in [0.717, 1.165) is 24.2 Å². The summed E-state index contributed by atoms with van der Waals surface area (Å²) in [6.07, 6.45) is 4.15. The van der Waals surface area contributed by atoms with E-state index in [9.17, 15) is 9.59 Å². The zero-order valence-electron chi connectivity index (χ0n) is 18.2. The first-order valence-electron chi connectivity index (χ1n) is 10.5. The van der Waals surface area contributed by atoms with E-state index >= 15 is 0 Å². The Labute approximate surface area is 189 Å². The van der Waals surface area contributed by atoms with E-state index in [2.05, 4.69) is 22.8 Å². The summed E-state index contributed by atoms with van der Waals surface area (Å²) in [4.78, 5) is 25.1. The second kappa shape index (κ2) is 12.7. The summed E-state index contributed by atoms with van der Waals surface area (Å²) in [6, 6.07) is 13.3. The number of carbonyl (C=O) groups is 2. The van der Waals surface area contributed by atoms with Crippen LogP contribution in [-0.4, -0.2) is 30.7 Å². The lowest BCUT2D eigenvalue weighted by Crippen LogP contribution is -2.46. The van der Waals surface area contributed by atoms with Crippen LogP contribution < -0.4 is 15.5 Å². The van der Waals surface area contributed by atoms with Gasteiger partial charge in [0.25, 0.3) is 11.8 Å². The molecular weight excluding hydrogens is 414 g/mol. The number of benzene rings is 2. The lowest BCUT2D eigenvalue weighted by atomic mass is 10.0. The number of nitrogens with one attached hydrogen (secondary N) is 2. The lowest BCUT2D eigenvalue weighted by molar-refractivity contribution is -0.123. The van der Waals surface area contributed by atoms with Gasteiger partial charge in [0.05, 0.1) is 12.8 Å². The predicted molar refractivity (Wildman–Crippen MR) is 125 cm³/mol. The van der Waals surface area contributed by atoms with E-state index in [1.54, 1.807) is 30.5 Å². The van der Waals surface area contributed by atoms with Crippen molar-refractivity contribution in [3.05, 3.63) is 64.7 Å². The third kappa shape index (κ3) is 8.80. The molecule has 0 heterocycles. The molecule has 0 aliphatic heterocycles. The highest BCUT2D eigenvalue weighted by atomic mass is 35.5. The van der Waals surface area contributed by atoms with Crippen LogP contribution in [0.2, 0.25) is 5.02 Å². The monoisotopic (exact) mass is 443 g/mol. The summed E-state index contributed by atoms with van der Waals surface area (Å²) < 4.78 is 5.63. The first-order valence-corrected chi connectivity index (χ1v) is 10.9. The Morgan fingerprint density at radius 1 is 1.10 bits per heavy atom. The second-order valence-corrected chi connectivity index (χ2v) is 8.10. The molecule has 0 fully saturated rings. The van der Waals surface area contributed by atoms with Gasteiger partial charge in [-0.05, 0) is 72.9 Å². The van der Waals surface area contributed by atoms with Crippen molar-refractivity contribution in [2.45, 2.75) is 46.1 Å². The maximum atomic E-state index is 12.6. The average Bonchev–Trinajstić information content (AvgIpc) is 2.74. The van der Waals surface area contributed by atoms with Crippen LogP contribution in [0.25, 0.3) is 0 Å². The average molecular weight is 444 g/mol. The van der Waals surface area contributed by atoms with Gasteiger partial charge in [-0.25, -0.2) is 5.43 Å². The van der Waals surface area contributed by atoms with E-state index in [1.165, 1.54) is 0 Å². The van der Waals surface area contributed by atoms with Gasteiger partial charge in [-0.15, -0.1) is 0 Å². The van der Waals surface area contributed by atoms with Crippen molar-refractivity contribution in [2.24, 2.45) is 11.0 Å². The van der Waals surface area contributed by atoms with Crippen LogP contribution in [0.1, 0.15) is 56.0 Å². The van der Waals surface area contributed by atoms with Gasteiger partial charge in [-0.2, -0.15) is 5.10 Å². The normalized spacial score (nSPS) is 12.0. The van der Waals surface area contributed by atoms with Gasteiger partial charge >= 0.3 is 0 Å². The Balaban J connectivity index is 1.93. The van der Waals surface area contributed by atoms with Crippen LogP contribution in [-0.2, 0) is 4.79 Å². The number of ether oxygens (including phenoxy) is 1. The molecule has 7 heteroatoms. The number of rotatable bonds is 11. The number of carbonyl (C=O) groups excluding carboxylic acids is 2. The van der Waals surface area contributed by atoms with Crippen molar-refractivity contribution in [1.29, 1.82) is 0 Å². The van der Waals surface area contributed by atoms with Gasteiger partial charge < -0.3 is 10.1 Å². The third-order valence-corrected chi connectivity index (χ3v) is 4.72. The maximum absolute atomic E-state index is 12.6. The Morgan fingerprint density at radius 3 is 2.39 bits per heavy atom. The second-order valence-electron chi connectivity index (χ2n) is 7.67. The van der Waals surface area contributed by atoms with Crippen molar-refractivity contribution in [1.82, 2.24) is 10.7 Å². The molecule has 0 aromatic heterocycles. The van der Waals surface area contributed by atoms with Crippen molar-refractivity contribution in [2.75, 3.05) is 6.61 Å². The Bertz CT molecular complexity index is 865. The van der Waals surface area contributed by atoms with Crippen LogP contribution >= 0.6 is 11.6 Å². The number of amides is 2. The van der Waals surface area contributed by atoms with Crippen LogP contribution in [0.4, 0.5) is 0 Å². The predicted octanol–water partition coefficient (Wildman–Crippen LogP) is 4.81. The summed E-state index contributed by atoms with van der Waals surface area (Å²) in [5, 5.41) is 7.36. The molecule has 0 bridgehead atoms. The summed E-state index contributed by atoms with van der Waals surface area (Å²) in [5.74, 6) is 0.314. The molecule has 0 saturated carbocycles. The molecule has 6 nitrogen and oxygen atoms in total. The highest BCUT2D eigenvalue weighted by Crippen LogP contribution is 2.12. The van der Waals surface area contributed by atoms with Gasteiger partial charge in [-0.3, -0.25) is 9.59 Å². The van der Waals surface area contributed by atoms with Gasteiger partial charge in [0.2, 0.25) is 0 Å². The van der Waals surface area contributed by atoms with E-state index < -0.39 is 6.04 Å². The van der Waals surface area contributed by atoms with Gasteiger partial charge in [-0.1, -0.05) is 38.8 Å². The molecule has 2 aromatic carbocycles. The summed E-state index contributed by atoms with van der Waals surface area (Å²) in [7, 11) is 0. The van der Waals surface area contributed by atoms with Crippen LogP contribution in [0, 0.1) is 5.92 Å². The van der Waals surface area contributed by atoms with Gasteiger partial charge in [0, 0.05) is 10.6 Å². The number of hydrogen-bond acceptors (Lipinski definition) is 4. The molecule has 0 radical (unpaired) electrons. The molecule has 1 atom stereocenters. The summed E-state index contributed by atoms with van der Waals surface area (Å²) >= 11 is 5.87. The first kappa shape index (κ1) is 24.4. The minimum Gasteiger partial charge on any atom is -0.494 e. The number of halogens is 1. The highest BCUT2D eigenvalue weighted by molar-refractivity contribution is 6.30. The number of unbranched alkanes of at least 4 members (excludes halogenated alkanes) is 1. The molecule has 1 unspecified atom stereocenters.